The Morgan fingerprint density at radius 2 is 1.57 bits per heavy atom. The summed E-state index contributed by atoms with van der Waals surface area (Å²) in [6.07, 6.45) is -4.41. The fraction of sp³-hybridized carbons (Fsp3) is 0.867. The predicted molar refractivity (Wildman–Crippen MR) is 83.1 cm³/mol. The minimum atomic E-state index is -4.00. The van der Waals surface area contributed by atoms with Crippen molar-refractivity contribution >= 4 is 12.0 Å². The van der Waals surface area contributed by atoms with Gasteiger partial charge in [-0.25, -0.2) is 4.79 Å². The molecule has 0 aromatic carbocycles. The molecule has 0 aliphatic carbocycles. The number of ether oxygens (including phenoxy) is 1. The first-order valence-corrected chi connectivity index (χ1v) is 7.66. The first-order chi connectivity index (χ1) is 10.3. The lowest BCUT2D eigenvalue weighted by molar-refractivity contribution is -0.135. The zero-order chi connectivity index (χ0) is 18.8. The Morgan fingerprint density at radius 3 is 1.87 bits per heavy atom. The van der Waals surface area contributed by atoms with Gasteiger partial charge in [0.2, 0.25) is 5.91 Å². The normalized spacial score (nSPS) is 15.1. The zero-order valence-corrected chi connectivity index (χ0v) is 15.1. The molecule has 0 atom stereocenters. The Kier molecular flexibility index (Phi) is 10.7. The third-order valence-corrected chi connectivity index (χ3v) is 2.35. The summed E-state index contributed by atoms with van der Waals surface area (Å²) in [5, 5.41) is 0. The first kappa shape index (κ1) is 23.8. The first-order valence-electron chi connectivity index (χ1n) is 7.66. The highest BCUT2D eigenvalue weighted by Crippen LogP contribution is 2.12. The second-order valence-corrected chi connectivity index (χ2v) is 5.66. The number of nitrogens with zero attached hydrogens (tertiary/aromatic N) is 2. The molecule has 0 radical (unpaired) electrons. The minimum Gasteiger partial charge on any atom is -0.444 e. The summed E-state index contributed by atoms with van der Waals surface area (Å²) in [6, 6.07) is 0. The molecule has 1 heterocycles. The monoisotopic (exact) mass is 342 g/mol. The van der Waals surface area contributed by atoms with E-state index >= 15 is 0 Å². The number of rotatable bonds is 1. The number of amides is 2. The number of carbonyl (C=O) groups excluding carboxylic acids is 2. The topological polar surface area (TPSA) is 49.9 Å². The third-order valence-electron chi connectivity index (χ3n) is 2.35. The maximum absolute atomic E-state index is 11.7. The van der Waals surface area contributed by atoms with E-state index in [0.29, 0.717) is 19.6 Å². The van der Waals surface area contributed by atoms with Crippen LogP contribution in [0.4, 0.5) is 18.0 Å². The molecule has 2 amide bonds. The summed E-state index contributed by atoms with van der Waals surface area (Å²) < 4.78 is 36.3. The SMILES string of the molecule is CC.CC(F)(F)F.CCN1CCN(C(=O)OC(C)(C)C)CC1=O. The van der Waals surface area contributed by atoms with E-state index < -0.39 is 17.9 Å². The van der Waals surface area contributed by atoms with Crippen LogP contribution in [-0.2, 0) is 9.53 Å². The number of likely N-dealkylation sites (N-methyl/N-ethyl adjacent to an activating group) is 1. The Balaban J connectivity index is 0. The van der Waals surface area contributed by atoms with Crippen molar-refractivity contribution in [2.24, 2.45) is 0 Å². The molecule has 1 aliphatic heterocycles. The smallest absolute Gasteiger partial charge is 0.410 e. The van der Waals surface area contributed by atoms with E-state index in [1.807, 2.05) is 41.5 Å². The van der Waals surface area contributed by atoms with Crippen LogP contribution in [0, 0.1) is 0 Å². The van der Waals surface area contributed by atoms with Gasteiger partial charge in [-0.15, -0.1) is 0 Å². The summed E-state index contributed by atoms with van der Waals surface area (Å²) in [5.41, 5.74) is -0.512. The number of hydrogen-bond donors (Lipinski definition) is 0. The third kappa shape index (κ3) is 13.9. The van der Waals surface area contributed by atoms with E-state index in [4.69, 9.17) is 4.74 Å². The summed E-state index contributed by atoms with van der Waals surface area (Å²) >= 11 is 0. The van der Waals surface area contributed by atoms with Gasteiger partial charge in [-0.05, 0) is 27.7 Å². The van der Waals surface area contributed by atoms with Crippen LogP contribution in [0.25, 0.3) is 0 Å². The lowest BCUT2D eigenvalue weighted by Crippen LogP contribution is -2.53. The van der Waals surface area contributed by atoms with Gasteiger partial charge in [0, 0.05) is 26.6 Å². The molecule has 0 bridgehead atoms. The molecule has 1 aliphatic rings. The fourth-order valence-corrected chi connectivity index (χ4v) is 1.53. The van der Waals surface area contributed by atoms with Gasteiger partial charge in [0.25, 0.3) is 0 Å². The predicted octanol–water partition coefficient (Wildman–Crippen LogP) is 3.68. The van der Waals surface area contributed by atoms with Gasteiger partial charge >= 0.3 is 12.3 Å². The van der Waals surface area contributed by atoms with Crippen LogP contribution in [0.15, 0.2) is 0 Å². The van der Waals surface area contributed by atoms with Crippen molar-refractivity contribution in [2.45, 2.75) is 60.2 Å². The van der Waals surface area contributed by atoms with Gasteiger partial charge in [0.05, 0.1) is 0 Å². The van der Waals surface area contributed by atoms with Gasteiger partial charge < -0.3 is 9.64 Å². The molecule has 1 saturated heterocycles. The van der Waals surface area contributed by atoms with Crippen molar-refractivity contribution in [3.8, 4) is 0 Å². The second kappa shape index (κ2) is 10.3. The van der Waals surface area contributed by atoms with E-state index in [-0.39, 0.29) is 19.4 Å². The molecule has 1 fully saturated rings. The van der Waals surface area contributed by atoms with Gasteiger partial charge in [-0.3, -0.25) is 9.69 Å². The number of piperazine rings is 1. The highest BCUT2D eigenvalue weighted by molar-refractivity contribution is 5.83. The average molecular weight is 342 g/mol. The Morgan fingerprint density at radius 1 is 1.13 bits per heavy atom. The molecule has 0 N–H and O–H groups in total. The van der Waals surface area contributed by atoms with Crippen molar-refractivity contribution in [1.29, 1.82) is 0 Å². The summed E-state index contributed by atoms with van der Waals surface area (Å²) in [7, 11) is 0. The molecular formula is C15H29F3N2O3. The molecule has 0 spiro atoms. The van der Waals surface area contributed by atoms with E-state index in [1.165, 1.54) is 4.90 Å². The van der Waals surface area contributed by atoms with Gasteiger partial charge in [0.1, 0.15) is 12.1 Å². The molecule has 1 rings (SSSR count). The van der Waals surface area contributed by atoms with Crippen LogP contribution in [0.2, 0.25) is 0 Å². The van der Waals surface area contributed by atoms with E-state index in [2.05, 4.69) is 0 Å². The van der Waals surface area contributed by atoms with E-state index in [1.54, 1.807) is 4.90 Å². The molecule has 0 aromatic rings. The average Bonchev–Trinajstić information content (AvgIpc) is 2.37. The summed E-state index contributed by atoms with van der Waals surface area (Å²) in [5.74, 6) is -0.0143. The molecule has 8 heteroatoms. The maximum atomic E-state index is 11.7. The zero-order valence-electron chi connectivity index (χ0n) is 15.1. The molecule has 0 saturated carbocycles. The van der Waals surface area contributed by atoms with Crippen LogP contribution < -0.4 is 0 Å². The molecule has 5 nitrogen and oxygen atoms in total. The van der Waals surface area contributed by atoms with E-state index in [0.717, 1.165) is 0 Å². The van der Waals surface area contributed by atoms with Gasteiger partial charge in [0.15, 0.2) is 0 Å². The molecule has 138 valence electrons. The number of alkyl halides is 3. The van der Waals surface area contributed by atoms with Crippen LogP contribution in [0.1, 0.15) is 48.5 Å². The van der Waals surface area contributed by atoms with Crippen LogP contribution in [-0.4, -0.2) is 59.8 Å². The molecular weight excluding hydrogens is 313 g/mol. The summed E-state index contributed by atoms with van der Waals surface area (Å²) in [4.78, 5) is 26.5. The second-order valence-electron chi connectivity index (χ2n) is 5.66. The van der Waals surface area contributed by atoms with Gasteiger partial charge in [-0.1, -0.05) is 13.8 Å². The quantitative estimate of drug-likeness (QED) is 0.730. The van der Waals surface area contributed by atoms with Crippen molar-refractivity contribution in [3.63, 3.8) is 0 Å². The van der Waals surface area contributed by atoms with Crippen molar-refractivity contribution in [2.75, 3.05) is 26.2 Å². The van der Waals surface area contributed by atoms with Crippen LogP contribution in [0.3, 0.4) is 0 Å². The van der Waals surface area contributed by atoms with Crippen molar-refractivity contribution in [1.82, 2.24) is 9.80 Å². The van der Waals surface area contributed by atoms with Crippen molar-refractivity contribution in [3.05, 3.63) is 0 Å². The highest BCUT2D eigenvalue weighted by atomic mass is 19.4. The Bertz CT molecular complexity index is 360. The molecule has 0 unspecified atom stereocenters. The van der Waals surface area contributed by atoms with E-state index in [9.17, 15) is 22.8 Å². The largest absolute Gasteiger partial charge is 0.444 e. The lowest BCUT2D eigenvalue weighted by Gasteiger charge is -2.34. The number of halogens is 3. The number of carbonyl (C=O) groups is 2. The highest BCUT2D eigenvalue weighted by Gasteiger charge is 2.29. The molecule has 23 heavy (non-hydrogen) atoms. The minimum absolute atomic E-state index is 0.0143. The Hall–Kier alpha value is -1.47. The van der Waals surface area contributed by atoms with Crippen LogP contribution >= 0.6 is 0 Å². The Labute approximate surface area is 136 Å². The molecule has 0 aromatic heterocycles. The lowest BCUT2D eigenvalue weighted by atomic mass is 10.2. The van der Waals surface area contributed by atoms with Crippen LogP contribution in [0.5, 0.6) is 0 Å². The summed E-state index contributed by atoms with van der Waals surface area (Å²) in [6.45, 7) is 13.5. The standard InChI is InChI=1S/C11H20N2O3.C2H3F3.C2H6/c1-5-12-6-7-13(8-9(12)14)10(15)16-11(2,3)4;1-2(3,4)5;1-2/h5-8H2,1-4H3;1H3;1-2H3. The van der Waals surface area contributed by atoms with Crippen molar-refractivity contribution < 1.29 is 27.5 Å². The fourth-order valence-electron chi connectivity index (χ4n) is 1.53. The van der Waals surface area contributed by atoms with Gasteiger partial charge in [-0.2, -0.15) is 13.2 Å². The maximum Gasteiger partial charge on any atom is 0.410 e. The number of hydrogen-bond acceptors (Lipinski definition) is 3.